The minimum atomic E-state index is -1.23. The van der Waals surface area contributed by atoms with Gasteiger partial charge in [-0.3, -0.25) is 29.4 Å². The van der Waals surface area contributed by atoms with E-state index in [0.29, 0.717) is 37.1 Å². The Morgan fingerprint density at radius 3 is 2.56 bits per heavy atom. The lowest BCUT2D eigenvalue weighted by atomic mass is 9.79. The van der Waals surface area contributed by atoms with Crippen LogP contribution in [0.15, 0.2) is 47.2 Å². The average molecular weight is 466 g/mol. The number of rotatable bonds is 5. The van der Waals surface area contributed by atoms with Gasteiger partial charge in [0.25, 0.3) is 11.6 Å². The summed E-state index contributed by atoms with van der Waals surface area (Å²) in [6.07, 6.45) is 2.39. The number of carboxylic acids is 1. The average Bonchev–Trinajstić information content (AvgIpc) is 3.32. The highest BCUT2D eigenvalue weighted by atomic mass is 16.6. The van der Waals surface area contributed by atoms with Gasteiger partial charge in [-0.2, -0.15) is 0 Å². The molecule has 0 bridgehead atoms. The van der Waals surface area contributed by atoms with Crippen molar-refractivity contribution in [2.24, 2.45) is 5.92 Å². The highest BCUT2D eigenvalue weighted by molar-refractivity contribution is 6.03. The van der Waals surface area contributed by atoms with E-state index in [9.17, 15) is 34.4 Å². The molecule has 0 radical (unpaired) electrons. The molecule has 4 aliphatic rings. The summed E-state index contributed by atoms with van der Waals surface area (Å²) < 4.78 is 0. The fourth-order valence-electron chi connectivity index (χ4n) is 5.53. The number of hydrogen-bond donors (Lipinski definition) is 1. The molecule has 0 aromatic heterocycles. The van der Waals surface area contributed by atoms with Crippen molar-refractivity contribution in [1.82, 2.24) is 14.7 Å². The van der Waals surface area contributed by atoms with E-state index in [4.69, 9.17) is 0 Å². The van der Waals surface area contributed by atoms with Crippen molar-refractivity contribution in [3.05, 3.63) is 62.9 Å². The van der Waals surface area contributed by atoms with Gasteiger partial charge < -0.3 is 14.9 Å². The summed E-state index contributed by atoms with van der Waals surface area (Å²) in [5, 5.41) is 20.7. The topological polar surface area (TPSA) is 141 Å². The highest BCUT2D eigenvalue weighted by Crippen LogP contribution is 2.47. The Kier molecular flexibility index (Phi) is 4.99. The lowest BCUT2D eigenvalue weighted by molar-refractivity contribution is -0.384. The van der Waals surface area contributed by atoms with Gasteiger partial charge in [0.15, 0.2) is 0 Å². The molecule has 3 atom stereocenters. The van der Waals surface area contributed by atoms with Crippen molar-refractivity contribution in [2.45, 2.75) is 38.4 Å². The zero-order valence-corrected chi connectivity index (χ0v) is 18.3. The molecule has 0 spiro atoms. The Hall–Kier alpha value is -4.02. The van der Waals surface area contributed by atoms with Crippen LogP contribution in [0.2, 0.25) is 0 Å². The lowest BCUT2D eigenvalue weighted by Gasteiger charge is -2.49. The van der Waals surface area contributed by atoms with Crippen LogP contribution in [-0.2, 0) is 25.7 Å². The van der Waals surface area contributed by atoms with Crippen LogP contribution in [0.3, 0.4) is 0 Å². The number of nitro groups is 1. The van der Waals surface area contributed by atoms with Crippen LogP contribution in [0.25, 0.3) is 0 Å². The summed E-state index contributed by atoms with van der Waals surface area (Å²) in [6.45, 7) is 2.50. The van der Waals surface area contributed by atoms with E-state index in [1.807, 2.05) is 0 Å². The summed E-state index contributed by atoms with van der Waals surface area (Å²) in [6, 6.07) is 5.05. The fourth-order valence-corrected chi connectivity index (χ4v) is 5.53. The zero-order chi connectivity index (χ0) is 24.3. The second-order valence-corrected chi connectivity index (χ2v) is 9.03. The molecule has 1 aromatic rings. The smallest absolute Gasteiger partial charge is 0.352 e. The van der Waals surface area contributed by atoms with Gasteiger partial charge in [0, 0.05) is 50.2 Å². The van der Waals surface area contributed by atoms with Crippen molar-refractivity contribution in [3.63, 3.8) is 0 Å². The maximum atomic E-state index is 13.0. The third-order valence-electron chi connectivity index (χ3n) is 7.08. The fraction of sp³-hybridized carbons (Fsp3) is 0.391. The van der Waals surface area contributed by atoms with Gasteiger partial charge in [0.2, 0.25) is 11.8 Å². The third kappa shape index (κ3) is 3.27. The molecule has 11 nitrogen and oxygen atoms in total. The summed E-state index contributed by atoms with van der Waals surface area (Å²) in [5.41, 5.74) is 1.49. The number of carbonyl (C=O) groups excluding carboxylic acids is 3. The second kappa shape index (κ2) is 7.79. The molecule has 4 heterocycles. The number of allylic oxidation sites excluding steroid dienone is 2. The molecule has 176 valence electrons. The SMILES string of the molecule is CC(=O)N1C[C@H]2CC(/C=C3\CCN(Cc4ccc([N+](=O)[O-])cc4)C3=O)=C(C(=O)O)N3C(=O)[C@@H]1[C@@H]23. The number of aliphatic carboxylic acids is 1. The lowest BCUT2D eigenvalue weighted by Crippen LogP contribution is -2.69. The monoisotopic (exact) mass is 466 g/mol. The van der Waals surface area contributed by atoms with Gasteiger partial charge in [-0.05, 0) is 30.1 Å². The molecule has 34 heavy (non-hydrogen) atoms. The number of likely N-dealkylation sites (tertiary alicyclic amines) is 2. The van der Waals surface area contributed by atoms with E-state index < -0.39 is 22.8 Å². The molecule has 11 heteroatoms. The number of non-ortho nitro benzene ring substituents is 1. The van der Waals surface area contributed by atoms with Crippen LogP contribution in [0.5, 0.6) is 0 Å². The van der Waals surface area contributed by atoms with Crippen LogP contribution in [-0.4, -0.2) is 73.6 Å². The molecule has 0 unspecified atom stereocenters. The first-order valence-electron chi connectivity index (χ1n) is 11.0. The van der Waals surface area contributed by atoms with Gasteiger partial charge in [0.05, 0.1) is 11.0 Å². The summed E-state index contributed by atoms with van der Waals surface area (Å²) in [7, 11) is 0. The van der Waals surface area contributed by atoms with E-state index in [1.165, 1.54) is 28.9 Å². The van der Waals surface area contributed by atoms with Crippen LogP contribution in [0, 0.1) is 16.0 Å². The number of carboxylic acid groups (broad SMARTS) is 1. The summed E-state index contributed by atoms with van der Waals surface area (Å²) >= 11 is 0. The van der Waals surface area contributed by atoms with Crippen molar-refractivity contribution in [2.75, 3.05) is 13.1 Å². The van der Waals surface area contributed by atoms with Crippen LogP contribution >= 0.6 is 0 Å². The van der Waals surface area contributed by atoms with E-state index in [1.54, 1.807) is 23.1 Å². The number of β-lactam (4-membered cyclic amide) rings is 1. The number of nitro benzene ring substituents is 1. The summed E-state index contributed by atoms with van der Waals surface area (Å²) in [5.74, 6) is -2.14. The number of benzene rings is 1. The zero-order valence-electron chi connectivity index (χ0n) is 18.3. The van der Waals surface area contributed by atoms with Crippen molar-refractivity contribution in [1.29, 1.82) is 0 Å². The summed E-state index contributed by atoms with van der Waals surface area (Å²) in [4.78, 5) is 64.5. The molecule has 1 aromatic carbocycles. The third-order valence-corrected chi connectivity index (χ3v) is 7.08. The standard InChI is InChI=1S/C23H22N4O7/c1-12(28)25-11-16-9-15(19(23(31)32)26-18(16)20(25)22(26)30)8-14-6-7-24(21(14)29)10-13-2-4-17(5-3-13)27(33)34/h2-5,8,16,18,20H,6-7,9-11H2,1H3,(H,31,32)/b14-8+/t16-,18-,20+/m1/s1. The molecule has 5 rings (SSSR count). The maximum Gasteiger partial charge on any atom is 0.352 e. The van der Waals surface area contributed by atoms with Gasteiger partial charge in [-0.25, -0.2) is 4.79 Å². The minimum Gasteiger partial charge on any atom is -0.477 e. The number of hydrogen-bond acceptors (Lipinski definition) is 6. The van der Waals surface area contributed by atoms with Gasteiger partial charge in [-0.1, -0.05) is 12.1 Å². The van der Waals surface area contributed by atoms with Crippen LogP contribution in [0.1, 0.15) is 25.3 Å². The van der Waals surface area contributed by atoms with Crippen molar-refractivity contribution >= 4 is 29.4 Å². The van der Waals surface area contributed by atoms with E-state index in [2.05, 4.69) is 0 Å². The first kappa shape index (κ1) is 21.8. The Morgan fingerprint density at radius 1 is 1.24 bits per heavy atom. The van der Waals surface area contributed by atoms with Crippen molar-refractivity contribution in [3.8, 4) is 0 Å². The normalized spacial score (nSPS) is 26.8. The Labute approximate surface area is 194 Å². The minimum absolute atomic E-state index is 0.0288. The second-order valence-electron chi connectivity index (χ2n) is 9.03. The molecular formula is C23H22N4O7. The molecule has 4 aliphatic heterocycles. The van der Waals surface area contributed by atoms with E-state index in [-0.39, 0.29) is 41.7 Å². The Bertz CT molecular complexity index is 1200. The Morgan fingerprint density at radius 2 is 1.94 bits per heavy atom. The van der Waals surface area contributed by atoms with Gasteiger partial charge >= 0.3 is 5.97 Å². The van der Waals surface area contributed by atoms with Gasteiger partial charge in [0.1, 0.15) is 11.7 Å². The maximum absolute atomic E-state index is 13.0. The number of amides is 3. The predicted molar refractivity (Wildman–Crippen MR) is 116 cm³/mol. The number of nitrogens with zero attached hydrogens (tertiary/aromatic N) is 4. The first-order chi connectivity index (χ1) is 16.2. The molecule has 3 amide bonds. The van der Waals surface area contributed by atoms with Crippen LogP contribution in [0.4, 0.5) is 5.69 Å². The molecule has 3 fully saturated rings. The van der Waals surface area contributed by atoms with E-state index in [0.717, 1.165) is 5.56 Å². The largest absolute Gasteiger partial charge is 0.477 e. The number of carbonyl (C=O) groups is 4. The van der Waals surface area contributed by atoms with Crippen LogP contribution < -0.4 is 0 Å². The molecule has 1 N–H and O–H groups in total. The molecule has 0 aliphatic carbocycles. The van der Waals surface area contributed by atoms with Gasteiger partial charge in [-0.15, -0.1) is 0 Å². The van der Waals surface area contributed by atoms with Crippen molar-refractivity contribution < 1.29 is 29.2 Å². The predicted octanol–water partition coefficient (Wildman–Crippen LogP) is 1.05. The Balaban J connectivity index is 1.38. The quantitative estimate of drug-likeness (QED) is 0.296. The van der Waals surface area contributed by atoms with E-state index >= 15 is 0 Å². The first-order valence-corrected chi connectivity index (χ1v) is 11.0. The molecule has 3 saturated heterocycles. The molecular weight excluding hydrogens is 444 g/mol. The molecule has 0 saturated carbocycles. The highest BCUT2D eigenvalue weighted by Gasteiger charge is 2.63.